The van der Waals surface area contributed by atoms with E-state index in [9.17, 15) is 19.3 Å². The lowest BCUT2D eigenvalue weighted by Crippen LogP contribution is -2.13. The highest BCUT2D eigenvalue weighted by Crippen LogP contribution is 2.27. The van der Waals surface area contributed by atoms with Crippen molar-refractivity contribution in [3.8, 4) is 5.75 Å². The van der Waals surface area contributed by atoms with Gasteiger partial charge in [-0.1, -0.05) is 6.08 Å². The molecule has 0 aliphatic carbocycles. The summed E-state index contributed by atoms with van der Waals surface area (Å²) in [5, 5.41) is 10.9. The van der Waals surface area contributed by atoms with Crippen molar-refractivity contribution >= 4 is 11.5 Å². The molecule has 0 amide bonds. The van der Waals surface area contributed by atoms with Crippen LogP contribution >= 0.6 is 0 Å². The first-order valence-electron chi connectivity index (χ1n) is 7.22. The minimum atomic E-state index is -0.685. The first-order valence-corrected chi connectivity index (χ1v) is 7.22. The first kappa shape index (κ1) is 17.4. The Bertz CT molecular complexity index is 811. The summed E-state index contributed by atoms with van der Waals surface area (Å²) >= 11 is 0. The number of nitro groups is 1. The van der Waals surface area contributed by atoms with Gasteiger partial charge in [-0.15, -0.1) is 6.58 Å². The molecule has 2 rings (SSSR count). The zero-order chi connectivity index (χ0) is 17.9. The van der Waals surface area contributed by atoms with Gasteiger partial charge in [0.15, 0.2) is 12.4 Å². The van der Waals surface area contributed by atoms with E-state index in [2.05, 4.69) is 6.58 Å². The minimum absolute atomic E-state index is 0.270. The second kappa shape index (κ2) is 7.08. The number of aryl methyl sites for hydroxylation is 1. The number of nitrogens with zero attached hydrogens (tertiary/aromatic N) is 2. The summed E-state index contributed by atoms with van der Waals surface area (Å²) < 4.78 is 20.4. The highest BCUT2D eigenvalue weighted by Gasteiger charge is 2.20. The van der Waals surface area contributed by atoms with Crippen LogP contribution in [0, 0.1) is 29.8 Å². The second-order valence-electron chi connectivity index (χ2n) is 5.27. The fourth-order valence-corrected chi connectivity index (χ4v) is 2.47. The second-order valence-corrected chi connectivity index (χ2v) is 5.27. The van der Waals surface area contributed by atoms with Crippen LogP contribution in [0.3, 0.4) is 0 Å². The van der Waals surface area contributed by atoms with E-state index in [4.69, 9.17) is 4.74 Å². The predicted molar refractivity (Wildman–Crippen MR) is 87.0 cm³/mol. The van der Waals surface area contributed by atoms with Crippen LogP contribution < -0.4 is 4.74 Å². The number of Topliss-reactive ketones (excluding diaryl/α,β-unsaturated/α-hetero) is 1. The van der Waals surface area contributed by atoms with Crippen molar-refractivity contribution in [3.05, 3.63) is 69.8 Å². The Labute approximate surface area is 138 Å². The molecule has 0 aliphatic heterocycles. The van der Waals surface area contributed by atoms with Crippen molar-refractivity contribution in [1.29, 1.82) is 0 Å². The van der Waals surface area contributed by atoms with E-state index in [1.54, 1.807) is 19.1 Å². The topological polar surface area (TPSA) is 74.4 Å². The number of allylic oxidation sites excluding steroid dienone is 1. The van der Waals surface area contributed by atoms with Crippen molar-refractivity contribution < 1.29 is 18.8 Å². The van der Waals surface area contributed by atoms with Crippen LogP contribution in [0.1, 0.15) is 21.7 Å². The van der Waals surface area contributed by atoms with Crippen molar-refractivity contribution in [2.45, 2.75) is 20.4 Å². The van der Waals surface area contributed by atoms with Crippen LogP contribution in [0.15, 0.2) is 36.9 Å². The Hall–Kier alpha value is -2.96. The van der Waals surface area contributed by atoms with E-state index in [0.29, 0.717) is 12.1 Å². The van der Waals surface area contributed by atoms with Crippen molar-refractivity contribution in [1.82, 2.24) is 4.57 Å². The summed E-state index contributed by atoms with van der Waals surface area (Å²) in [6.07, 6.45) is 1.72. The summed E-state index contributed by atoms with van der Waals surface area (Å²) in [6.45, 7) is 7.50. The maximum absolute atomic E-state index is 13.3. The standard InChI is InChI=1S/C17H17FN2O4/c1-4-7-19-11(2)8-14(12(19)3)16(21)10-24-17-9-13(18)5-6-15(17)20(22)23/h4-6,8-9H,1,7,10H2,2-3H3. The highest BCUT2D eigenvalue weighted by molar-refractivity contribution is 5.98. The van der Waals surface area contributed by atoms with Gasteiger partial charge in [-0.05, 0) is 26.0 Å². The Morgan fingerprint density at radius 3 is 2.75 bits per heavy atom. The molecule has 0 bridgehead atoms. The van der Waals surface area contributed by atoms with Gasteiger partial charge in [-0.25, -0.2) is 4.39 Å². The molecular weight excluding hydrogens is 315 g/mol. The maximum atomic E-state index is 13.3. The van der Waals surface area contributed by atoms with Gasteiger partial charge in [0.05, 0.1) is 4.92 Å². The Morgan fingerprint density at radius 2 is 2.12 bits per heavy atom. The normalized spacial score (nSPS) is 10.5. The number of halogens is 1. The first-order chi connectivity index (χ1) is 11.3. The van der Waals surface area contributed by atoms with E-state index in [0.717, 1.165) is 29.6 Å². The fourth-order valence-electron chi connectivity index (χ4n) is 2.47. The third kappa shape index (κ3) is 3.51. The lowest BCUT2D eigenvalue weighted by atomic mass is 10.1. The zero-order valence-electron chi connectivity index (χ0n) is 13.4. The third-order valence-electron chi connectivity index (χ3n) is 3.66. The number of hydrogen-bond acceptors (Lipinski definition) is 4. The molecule has 0 aliphatic rings. The average Bonchev–Trinajstić information content (AvgIpc) is 2.81. The molecule has 0 N–H and O–H groups in total. The van der Waals surface area contributed by atoms with E-state index in [1.807, 2.05) is 11.5 Å². The number of carbonyl (C=O) groups is 1. The summed E-state index contributed by atoms with van der Waals surface area (Å²) in [6, 6.07) is 4.59. The van der Waals surface area contributed by atoms with Gasteiger partial charge in [0.2, 0.25) is 5.78 Å². The van der Waals surface area contributed by atoms with Gasteiger partial charge in [0, 0.05) is 35.6 Å². The average molecular weight is 332 g/mol. The molecule has 1 heterocycles. The van der Waals surface area contributed by atoms with Gasteiger partial charge in [0.1, 0.15) is 5.82 Å². The number of hydrogen-bond donors (Lipinski definition) is 0. The van der Waals surface area contributed by atoms with E-state index < -0.39 is 17.3 Å². The number of ether oxygens (including phenoxy) is 1. The smallest absolute Gasteiger partial charge is 0.311 e. The molecule has 0 saturated heterocycles. The Morgan fingerprint density at radius 1 is 1.42 bits per heavy atom. The quantitative estimate of drug-likeness (QED) is 0.336. The predicted octanol–water partition coefficient (Wildman–Crippen LogP) is 3.60. The molecule has 1 aromatic carbocycles. The number of benzene rings is 1. The highest BCUT2D eigenvalue weighted by atomic mass is 19.1. The summed E-state index contributed by atoms with van der Waals surface area (Å²) in [5.41, 5.74) is 1.73. The molecule has 6 nitrogen and oxygen atoms in total. The van der Waals surface area contributed by atoms with E-state index in [-0.39, 0.29) is 17.2 Å². The fraction of sp³-hybridized carbons (Fsp3) is 0.235. The molecule has 24 heavy (non-hydrogen) atoms. The number of aromatic nitrogens is 1. The molecular formula is C17H17FN2O4. The van der Waals surface area contributed by atoms with Crippen LogP contribution in [0.4, 0.5) is 10.1 Å². The van der Waals surface area contributed by atoms with Crippen LogP contribution in [0.2, 0.25) is 0 Å². The Kier molecular flexibility index (Phi) is 5.13. The van der Waals surface area contributed by atoms with Gasteiger partial charge < -0.3 is 9.30 Å². The molecule has 0 radical (unpaired) electrons. The van der Waals surface area contributed by atoms with E-state index >= 15 is 0 Å². The van der Waals surface area contributed by atoms with Gasteiger partial charge in [0.25, 0.3) is 0 Å². The molecule has 0 spiro atoms. The molecule has 0 fully saturated rings. The van der Waals surface area contributed by atoms with Crippen LogP contribution in [-0.2, 0) is 6.54 Å². The van der Waals surface area contributed by atoms with Crippen LogP contribution in [0.5, 0.6) is 5.75 Å². The molecule has 1 aromatic heterocycles. The third-order valence-corrected chi connectivity index (χ3v) is 3.66. The number of rotatable bonds is 7. The number of carbonyl (C=O) groups excluding carboxylic acids is 1. The molecule has 0 atom stereocenters. The van der Waals surface area contributed by atoms with Gasteiger partial charge in [-0.3, -0.25) is 14.9 Å². The summed E-state index contributed by atoms with van der Waals surface area (Å²) in [4.78, 5) is 22.6. The lowest BCUT2D eigenvalue weighted by Gasteiger charge is -2.08. The summed E-state index contributed by atoms with van der Waals surface area (Å²) in [5.74, 6) is -1.28. The van der Waals surface area contributed by atoms with Crippen molar-refractivity contribution in [2.75, 3.05) is 6.61 Å². The van der Waals surface area contributed by atoms with Gasteiger partial charge in [-0.2, -0.15) is 0 Å². The summed E-state index contributed by atoms with van der Waals surface area (Å²) in [7, 11) is 0. The molecule has 0 unspecified atom stereocenters. The Balaban J connectivity index is 2.20. The monoisotopic (exact) mass is 332 g/mol. The van der Waals surface area contributed by atoms with Crippen LogP contribution in [-0.4, -0.2) is 21.9 Å². The van der Waals surface area contributed by atoms with Crippen molar-refractivity contribution in [3.63, 3.8) is 0 Å². The number of ketones is 1. The van der Waals surface area contributed by atoms with Gasteiger partial charge >= 0.3 is 5.69 Å². The molecule has 0 saturated carbocycles. The minimum Gasteiger partial charge on any atom is -0.478 e. The largest absolute Gasteiger partial charge is 0.478 e. The van der Waals surface area contributed by atoms with Crippen molar-refractivity contribution in [2.24, 2.45) is 0 Å². The maximum Gasteiger partial charge on any atom is 0.311 e. The SMILES string of the molecule is C=CCn1c(C)cc(C(=O)COc2cc(F)ccc2[N+](=O)[O-])c1C. The van der Waals surface area contributed by atoms with Crippen LogP contribution in [0.25, 0.3) is 0 Å². The van der Waals surface area contributed by atoms with E-state index in [1.165, 1.54) is 0 Å². The molecule has 2 aromatic rings. The number of nitro benzene ring substituents is 1. The zero-order valence-corrected chi connectivity index (χ0v) is 13.4. The molecule has 7 heteroatoms. The lowest BCUT2D eigenvalue weighted by molar-refractivity contribution is -0.385. The molecule has 126 valence electrons.